The number of fused-ring (bicyclic) bond motifs is 1. The third kappa shape index (κ3) is 9.93. The van der Waals surface area contributed by atoms with E-state index in [-0.39, 0.29) is 11.3 Å². The summed E-state index contributed by atoms with van der Waals surface area (Å²) in [5.41, 5.74) is -0.110. The normalized spacial score (nSPS) is 13.5. The lowest BCUT2D eigenvalue weighted by atomic mass is 9.73. The number of aromatic amines is 1. The van der Waals surface area contributed by atoms with Crippen LogP contribution in [0, 0.1) is 0 Å². The molecule has 0 spiro atoms. The molecule has 2 aromatic heterocycles. The van der Waals surface area contributed by atoms with E-state index in [0.29, 0.717) is 34.4 Å². The molecule has 3 rings (SSSR count). The molecule has 1 atom stereocenters. The summed E-state index contributed by atoms with van der Waals surface area (Å²) < 4.78 is 33.2. The highest BCUT2D eigenvalue weighted by Gasteiger charge is 2.45. The molecule has 0 fully saturated rings. The number of nitrogens with one attached hydrogen (secondary N) is 4. The van der Waals surface area contributed by atoms with Crippen LogP contribution in [0.25, 0.3) is 5.65 Å². The minimum absolute atomic E-state index is 0.246. The molecule has 12 nitrogen and oxygen atoms in total. The lowest BCUT2D eigenvalue weighted by Crippen LogP contribution is -2.59. The number of ether oxygens (including phenoxy) is 1. The van der Waals surface area contributed by atoms with Crippen molar-refractivity contribution >= 4 is 44.8 Å². The molecule has 0 bridgehead atoms. The van der Waals surface area contributed by atoms with Gasteiger partial charge in [-0.25, -0.2) is 17.7 Å². The summed E-state index contributed by atoms with van der Waals surface area (Å²) >= 11 is 6.70. The number of H-pyrrole nitrogens is 1. The standard InChI is InChI=1S/C33H52ClN7O5S/c1-10-11-12-13-14-15-20-24(46-23-19-17-16-18-22(23)36-25(42)21-35-47(9,44)45)29(43)37-33(7,8)32(5,6)30-39-38-28-26(34)27(31(2,3)4)40-41(28)30/h16-19,24,35,40H,10-15,20-21H2,1-9H3,(H,36,42)(H,37,43). The van der Waals surface area contributed by atoms with Crippen LogP contribution in [0.15, 0.2) is 24.3 Å². The van der Waals surface area contributed by atoms with Gasteiger partial charge in [0.1, 0.15) is 10.8 Å². The van der Waals surface area contributed by atoms with Crippen LogP contribution in [0.5, 0.6) is 5.75 Å². The van der Waals surface area contributed by atoms with E-state index in [1.165, 1.54) is 6.42 Å². The highest BCUT2D eigenvalue weighted by molar-refractivity contribution is 7.88. The van der Waals surface area contributed by atoms with Crippen molar-refractivity contribution in [3.05, 3.63) is 40.8 Å². The predicted molar refractivity (Wildman–Crippen MR) is 187 cm³/mol. The van der Waals surface area contributed by atoms with E-state index >= 15 is 0 Å². The van der Waals surface area contributed by atoms with Gasteiger partial charge in [0.15, 0.2) is 17.6 Å². The second-order valence-electron chi connectivity index (χ2n) is 14.3. The van der Waals surface area contributed by atoms with E-state index in [2.05, 4.69) is 58.3 Å². The second-order valence-corrected chi connectivity index (χ2v) is 16.5. The quantitative estimate of drug-likeness (QED) is 0.129. The van der Waals surface area contributed by atoms with Crippen LogP contribution in [0.4, 0.5) is 5.69 Å². The highest BCUT2D eigenvalue weighted by atomic mass is 35.5. The molecule has 0 aliphatic rings. The molecule has 0 saturated carbocycles. The van der Waals surface area contributed by atoms with Gasteiger partial charge in [-0.1, -0.05) is 97.4 Å². The Balaban J connectivity index is 1.86. The van der Waals surface area contributed by atoms with E-state index in [1.807, 2.05) is 27.7 Å². The zero-order chi connectivity index (χ0) is 35.2. The molecular formula is C33H52ClN7O5S. The average Bonchev–Trinajstić information content (AvgIpc) is 3.53. The molecule has 14 heteroatoms. The number of nitrogens with zero attached hydrogens (tertiary/aromatic N) is 3. The lowest BCUT2D eigenvalue weighted by Gasteiger charge is -2.41. The SMILES string of the molecule is CCCCCCCCC(Oc1ccccc1NC(=O)CNS(C)(=O)=O)C(=O)NC(C)(C)C(C)(C)c1nnc2c(Cl)c(C(C)(C)C)[nH]n12. The number of amides is 2. The number of halogens is 1. The van der Waals surface area contributed by atoms with Crippen molar-refractivity contribution in [3.8, 4) is 5.75 Å². The van der Waals surface area contributed by atoms with Crippen molar-refractivity contribution in [2.75, 3.05) is 18.1 Å². The minimum atomic E-state index is -3.55. The second kappa shape index (κ2) is 15.4. The van der Waals surface area contributed by atoms with Crippen molar-refractivity contribution in [2.24, 2.45) is 0 Å². The van der Waals surface area contributed by atoms with Crippen molar-refractivity contribution in [2.45, 2.75) is 123 Å². The number of para-hydroxylation sites is 2. The van der Waals surface area contributed by atoms with E-state index in [4.69, 9.17) is 16.3 Å². The number of hydrogen-bond donors (Lipinski definition) is 4. The number of unbranched alkanes of at least 4 members (excludes halogenated alkanes) is 5. The fourth-order valence-electron chi connectivity index (χ4n) is 5.10. The number of benzene rings is 1. The fourth-order valence-corrected chi connectivity index (χ4v) is 5.94. The molecule has 262 valence electrons. The Hall–Kier alpha value is -3.16. The summed E-state index contributed by atoms with van der Waals surface area (Å²) in [6.45, 7) is 15.8. The Morgan fingerprint density at radius 2 is 1.64 bits per heavy atom. The van der Waals surface area contributed by atoms with Gasteiger partial charge in [0.2, 0.25) is 15.9 Å². The first kappa shape index (κ1) is 38.3. The number of carbonyl (C=O) groups is 2. The first-order chi connectivity index (χ1) is 21.8. The number of hydrogen-bond acceptors (Lipinski definition) is 7. The Morgan fingerprint density at radius 3 is 2.28 bits per heavy atom. The Kier molecular flexibility index (Phi) is 12.5. The maximum atomic E-state index is 14.1. The Labute approximate surface area is 284 Å². The van der Waals surface area contributed by atoms with Gasteiger partial charge in [-0.15, -0.1) is 10.2 Å². The zero-order valence-electron chi connectivity index (χ0n) is 29.2. The fraction of sp³-hybridized carbons (Fsp3) is 0.636. The van der Waals surface area contributed by atoms with Crippen LogP contribution in [0.3, 0.4) is 0 Å². The molecule has 1 unspecified atom stereocenters. The molecule has 4 N–H and O–H groups in total. The van der Waals surface area contributed by atoms with E-state index in [9.17, 15) is 18.0 Å². The number of carbonyl (C=O) groups excluding carboxylic acids is 2. The topological polar surface area (TPSA) is 160 Å². The van der Waals surface area contributed by atoms with Crippen LogP contribution in [-0.2, 0) is 30.4 Å². The van der Waals surface area contributed by atoms with Gasteiger partial charge in [0, 0.05) is 16.4 Å². The molecule has 2 heterocycles. The summed E-state index contributed by atoms with van der Waals surface area (Å²) in [5.74, 6) is 0.0415. The largest absolute Gasteiger partial charge is 0.478 e. The molecule has 0 aliphatic carbocycles. The van der Waals surface area contributed by atoms with Gasteiger partial charge in [-0.2, -0.15) is 0 Å². The monoisotopic (exact) mass is 693 g/mol. The zero-order valence-corrected chi connectivity index (χ0v) is 30.8. The molecule has 3 aromatic rings. The predicted octanol–water partition coefficient (Wildman–Crippen LogP) is 5.87. The smallest absolute Gasteiger partial charge is 0.261 e. The minimum Gasteiger partial charge on any atom is -0.478 e. The van der Waals surface area contributed by atoms with E-state index in [1.54, 1.807) is 28.8 Å². The summed E-state index contributed by atoms with van der Waals surface area (Å²) in [4.78, 5) is 26.6. The third-order valence-electron chi connectivity index (χ3n) is 8.65. The molecule has 0 aliphatic heterocycles. The van der Waals surface area contributed by atoms with Crippen molar-refractivity contribution in [1.29, 1.82) is 0 Å². The Morgan fingerprint density at radius 1 is 1.00 bits per heavy atom. The van der Waals surface area contributed by atoms with Crippen molar-refractivity contribution in [3.63, 3.8) is 0 Å². The van der Waals surface area contributed by atoms with E-state index < -0.39 is 39.5 Å². The lowest BCUT2D eigenvalue weighted by molar-refractivity contribution is -0.130. The van der Waals surface area contributed by atoms with Gasteiger partial charge in [-0.3, -0.25) is 14.7 Å². The first-order valence-corrected chi connectivity index (χ1v) is 18.5. The van der Waals surface area contributed by atoms with Crippen LogP contribution in [0.2, 0.25) is 5.02 Å². The van der Waals surface area contributed by atoms with Crippen LogP contribution >= 0.6 is 11.6 Å². The van der Waals surface area contributed by atoms with Gasteiger partial charge in [-0.05, 0) is 38.8 Å². The first-order valence-electron chi connectivity index (χ1n) is 16.2. The van der Waals surface area contributed by atoms with Gasteiger partial charge in [0.25, 0.3) is 5.91 Å². The third-order valence-corrected chi connectivity index (χ3v) is 9.67. The molecule has 47 heavy (non-hydrogen) atoms. The number of anilines is 1. The van der Waals surface area contributed by atoms with Gasteiger partial charge in [0.05, 0.1) is 24.2 Å². The van der Waals surface area contributed by atoms with Gasteiger partial charge >= 0.3 is 0 Å². The average molecular weight is 694 g/mol. The van der Waals surface area contributed by atoms with Crippen molar-refractivity contribution < 1.29 is 22.7 Å². The maximum Gasteiger partial charge on any atom is 0.261 e. The molecule has 1 aromatic carbocycles. The summed E-state index contributed by atoms with van der Waals surface area (Å²) in [6.07, 6.45) is 6.83. The number of aromatic nitrogens is 4. The number of rotatable bonds is 17. The highest BCUT2D eigenvalue weighted by Crippen LogP contribution is 2.37. The van der Waals surface area contributed by atoms with Crippen molar-refractivity contribution in [1.82, 2.24) is 29.9 Å². The maximum absolute atomic E-state index is 14.1. The molecule has 0 saturated heterocycles. The van der Waals surface area contributed by atoms with Gasteiger partial charge < -0.3 is 15.4 Å². The van der Waals surface area contributed by atoms with E-state index in [0.717, 1.165) is 44.1 Å². The number of sulfonamides is 1. The Bertz CT molecular complexity index is 1640. The molecular weight excluding hydrogens is 642 g/mol. The summed E-state index contributed by atoms with van der Waals surface area (Å²) in [6, 6.07) is 6.78. The summed E-state index contributed by atoms with van der Waals surface area (Å²) in [7, 11) is -3.55. The van der Waals surface area contributed by atoms with Crippen LogP contribution in [-0.4, -0.2) is 64.5 Å². The molecule has 2 amide bonds. The summed E-state index contributed by atoms with van der Waals surface area (Å²) in [5, 5.41) is 18.7. The molecule has 0 radical (unpaired) electrons. The van der Waals surface area contributed by atoms with Crippen LogP contribution < -0.4 is 20.1 Å². The van der Waals surface area contributed by atoms with Crippen LogP contribution in [0.1, 0.15) is 112 Å².